The number of quaternary nitrogens is 1. The molecule has 1 N–H and O–H groups in total. The van der Waals surface area contributed by atoms with E-state index in [1.807, 2.05) is 0 Å². The first kappa shape index (κ1) is 6.97. The Balaban J connectivity index is 2.33. The lowest BCUT2D eigenvalue weighted by atomic mass is 10.4. The molecule has 3 rings (SSSR count). The van der Waals surface area contributed by atoms with Gasteiger partial charge in [-0.3, -0.25) is 4.48 Å². The summed E-state index contributed by atoms with van der Waals surface area (Å²) in [6.07, 6.45) is 3.25. The fourth-order valence-electron chi connectivity index (χ4n) is 1.52. The second-order valence-electron chi connectivity index (χ2n) is 3.64. The third kappa shape index (κ3) is 0.874. The highest BCUT2D eigenvalue weighted by molar-refractivity contribution is 5.82. The van der Waals surface area contributed by atoms with E-state index >= 15 is 0 Å². The van der Waals surface area contributed by atoms with Crippen LogP contribution >= 0.6 is 0 Å². The maximum Gasteiger partial charge on any atom is 0.257 e. The lowest BCUT2D eigenvalue weighted by molar-refractivity contribution is 0.642. The van der Waals surface area contributed by atoms with Crippen molar-refractivity contribution in [3.63, 3.8) is 0 Å². The number of likely N-dealkylation sites (N-methyl/N-ethyl adjacent to an activating group) is 1. The van der Waals surface area contributed by atoms with Crippen LogP contribution in [0.1, 0.15) is 0 Å². The molecule has 5 heteroatoms. The molecular formula is C8H10N5+. The van der Waals surface area contributed by atoms with Crippen LogP contribution < -0.4 is 4.48 Å². The predicted octanol–water partition coefficient (Wildman–Crippen LogP) is 0.304. The quantitative estimate of drug-likeness (QED) is 0.502. The fourth-order valence-corrected chi connectivity index (χ4v) is 1.52. The van der Waals surface area contributed by atoms with E-state index < -0.39 is 0 Å². The maximum absolute atomic E-state index is 4.30. The van der Waals surface area contributed by atoms with Crippen LogP contribution in [0, 0.1) is 0 Å². The minimum absolute atomic E-state index is 0.760. The maximum atomic E-state index is 4.30. The number of aromatic amines is 1. The van der Waals surface area contributed by atoms with Gasteiger partial charge >= 0.3 is 0 Å². The van der Waals surface area contributed by atoms with Crippen LogP contribution in [0.25, 0.3) is 11.2 Å². The van der Waals surface area contributed by atoms with E-state index in [4.69, 9.17) is 0 Å². The third-order valence-electron chi connectivity index (χ3n) is 2.61. The molecule has 0 spiro atoms. The summed E-state index contributed by atoms with van der Waals surface area (Å²) in [4.78, 5) is 15.6. The molecule has 0 amide bonds. The highest BCUT2D eigenvalue weighted by atomic mass is 15.5. The largest absolute Gasteiger partial charge is 0.337 e. The van der Waals surface area contributed by atoms with Gasteiger partial charge in [0.1, 0.15) is 19.4 Å². The Morgan fingerprint density at radius 3 is 2.92 bits per heavy atom. The van der Waals surface area contributed by atoms with E-state index in [0.717, 1.165) is 34.6 Å². The van der Waals surface area contributed by atoms with Gasteiger partial charge in [0.05, 0.1) is 13.4 Å². The molecule has 1 fully saturated rings. The Bertz CT molecular complexity index is 456. The summed E-state index contributed by atoms with van der Waals surface area (Å²) in [5, 5.41) is 0. The van der Waals surface area contributed by atoms with Gasteiger partial charge in [-0.05, 0) is 0 Å². The minimum Gasteiger partial charge on any atom is -0.337 e. The number of H-pyrrole nitrogens is 1. The summed E-state index contributed by atoms with van der Waals surface area (Å²) < 4.78 is 0.904. The summed E-state index contributed by atoms with van der Waals surface area (Å²) >= 11 is 0. The third-order valence-corrected chi connectivity index (χ3v) is 2.61. The van der Waals surface area contributed by atoms with Gasteiger partial charge in [0.15, 0.2) is 11.2 Å². The van der Waals surface area contributed by atoms with Crippen molar-refractivity contribution in [2.24, 2.45) is 0 Å². The van der Waals surface area contributed by atoms with Crippen LogP contribution in [0.3, 0.4) is 0 Å². The van der Waals surface area contributed by atoms with E-state index in [9.17, 15) is 0 Å². The first-order valence-electron chi connectivity index (χ1n) is 4.29. The van der Waals surface area contributed by atoms with E-state index in [1.54, 1.807) is 12.7 Å². The fraction of sp³-hybridized carbons (Fsp3) is 0.375. The van der Waals surface area contributed by atoms with Crippen molar-refractivity contribution in [1.29, 1.82) is 0 Å². The van der Waals surface area contributed by atoms with Gasteiger partial charge < -0.3 is 4.98 Å². The highest BCUT2D eigenvalue weighted by Gasteiger charge is 2.43. The number of hydrogen-bond donors (Lipinski definition) is 1. The minimum atomic E-state index is 0.760. The number of imidazole rings is 1. The van der Waals surface area contributed by atoms with Gasteiger partial charge in [0.25, 0.3) is 5.82 Å². The molecule has 1 aliphatic rings. The molecule has 0 unspecified atom stereocenters. The first-order valence-corrected chi connectivity index (χ1v) is 4.29. The predicted molar refractivity (Wildman–Crippen MR) is 49.1 cm³/mol. The SMILES string of the molecule is C[N+]1(c2ncnc3nc[nH]c23)CC1. The zero-order valence-corrected chi connectivity index (χ0v) is 7.36. The summed E-state index contributed by atoms with van der Waals surface area (Å²) in [5.74, 6) is 1.06. The van der Waals surface area contributed by atoms with Crippen molar-refractivity contribution in [3.05, 3.63) is 12.7 Å². The summed E-state index contributed by atoms with van der Waals surface area (Å²) in [5.41, 5.74) is 1.73. The molecule has 0 bridgehead atoms. The van der Waals surface area contributed by atoms with Crippen LogP contribution in [0.2, 0.25) is 0 Å². The standard InChI is InChI=1S/C8H10N5/c1-13(2-3-13)8-6-7(10-4-9-6)11-5-12-8/h4-5H,2-3H2,1H3,(H,9,10,11,12)/q+1. The highest BCUT2D eigenvalue weighted by Crippen LogP contribution is 2.31. The van der Waals surface area contributed by atoms with Crippen LogP contribution in [-0.2, 0) is 0 Å². The van der Waals surface area contributed by atoms with Crippen molar-refractivity contribution < 1.29 is 0 Å². The molecule has 13 heavy (non-hydrogen) atoms. The summed E-state index contributed by atoms with van der Waals surface area (Å²) in [7, 11) is 2.17. The molecule has 1 saturated heterocycles. The Morgan fingerprint density at radius 2 is 2.15 bits per heavy atom. The number of nitrogens with one attached hydrogen (secondary N) is 1. The molecular weight excluding hydrogens is 166 g/mol. The normalized spacial score (nSPS) is 19.2. The smallest absolute Gasteiger partial charge is 0.257 e. The van der Waals surface area contributed by atoms with Crippen molar-refractivity contribution >= 4 is 17.0 Å². The monoisotopic (exact) mass is 176 g/mol. The van der Waals surface area contributed by atoms with E-state index in [2.05, 4.69) is 27.0 Å². The van der Waals surface area contributed by atoms with Crippen LogP contribution in [-0.4, -0.2) is 40.1 Å². The van der Waals surface area contributed by atoms with Crippen LogP contribution in [0.5, 0.6) is 0 Å². The number of hydrogen-bond acceptors (Lipinski definition) is 3. The molecule has 0 radical (unpaired) electrons. The molecule has 66 valence electrons. The Hall–Kier alpha value is -1.49. The lowest BCUT2D eigenvalue weighted by Gasteiger charge is -2.08. The second kappa shape index (κ2) is 2.05. The Labute approximate surface area is 75.0 Å². The zero-order chi connectivity index (χ0) is 8.89. The van der Waals surface area contributed by atoms with E-state index in [0.29, 0.717) is 0 Å². The molecule has 3 heterocycles. The van der Waals surface area contributed by atoms with Gasteiger partial charge in [-0.15, -0.1) is 0 Å². The molecule has 1 aliphatic heterocycles. The van der Waals surface area contributed by atoms with Crippen molar-refractivity contribution in [3.8, 4) is 0 Å². The average Bonchev–Trinajstić information content (AvgIpc) is 2.72. The van der Waals surface area contributed by atoms with Gasteiger partial charge in [0.2, 0.25) is 0 Å². The van der Waals surface area contributed by atoms with E-state index in [-0.39, 0.29) is 0 Å². The number of nitrogens with zero attached hydrogens (tertiary/aromatic N) is 4. The topological polar surface area (TPSA) is 54.5 Å². The molecule has 2 aromatic rings. The first-order chi connectivity index (χ1) is 6.30. The van der Waals surface area contributed by atoms with Crippen molar-refractivity contribution in [1.82, 2.24) is 24.4 Å². The van der Waals surface area contributed by atoms with E-state index in [1.165, 1.54) is 0 Å². The number of aromatic nitrogens is 4. The average molecular weight is 176 g/mol. The molecule has 5 nitrogen and oxygen atoms in total. The van der Waals surface area contributed by atoms with Gasteiger partial charge in [-0.2, -0.15) is 4.98 Å². The van der Waals surface area contributed by atoms with Gasteiger partial charge in [0, 0.05) is 0 Å². The zero-order valence-electron chi connectivity index (χ0n) is 7.36. The van der Waals surface area contributed by atoms with Crippen molar-refractivity contribution in [2.75, 3.05) is 20.1 Å². The van der Waals surface area contributed by atoms with Crippen LogP contribution in [0.15, 0.2) is 12.7 Å². The molecule has 0 aliphatic carbocycles. The summed E-state index contributed by atoms with van der Waals surface area (Å²) in [6.45, 7) is 2.32. The van der Waals surface area contributed by atoms with Gasteiger partial charge in [-0.25, -0.2) is 9.97 Å². The Kier molecular flexibility index (Phi) is 1.10. The van der Waals surface area contributed by atoms with Crippen molar-refractivity contribution in [2.45, 2.75) is 0 Å². The number of rotatable bonds is 1. The second-order valence-corrected chi connectivity index (χ2v) is 3.64. The molecule has 0 aromatic carbocycles. The molecule has 0 atom stereocenters. The molecule has 0 saturated carbocycles. The van der Waals surface area contributed by atoms with Crippen LogP contribution in [0.4, 0.5) is 5.82 Å². The lowest BCUT2D eigenvalue weighted by Crippen LogP contribution is -2.20. The Morgan fingerprint density at radius 1 is 1.31 bits per heavy atom. The van der Waals surface area contributed by atoms with Gasteiger partial charge in [-0.1, -0.05) is 0 Å². The number of fused-ring (bicyclic) bond motifs is 1. The summed E-state index contributed by atoms with van der Waals surface area (Å²) in [6, 6.07) is 0. The molecule has 2 aromatic heterocycles.